The van der Waals surface area contributed by atoms with Gasteiger partial charge in [-0.1, -0.05) is 30.3 Å². The van der Waals surface area contributed by atoms with Crippen LogP contribution >= 0.6 is 0 Å². The van der Waals surface area contributed by atoms with Gasteiger partial charge >= 0.3 is 6.09 Å². The molecule has 0 saturated carbocycles. The Bertz CT molecular complexity index is 1260. The molecule has 0 bridgehead atoms. The number of para-hydroxylation sites is 1. The Morgan fingerprint density at radius 2 is 1.93 bits per heavy atom. The van der Waals surface area contributed by atoms with Crippen molar-refractivity contribution in [2.45, 2.75) is 6.04 Å². The average molecular weight is 398 g/mol. The molecule has 2 amide bonds. The van der Waals surface area contributed by atoms with Crippen molar-refractivity contribution in [3.63, 3.8) is 0 Å². The third-order valence-corrected chi connectivity index (χ3v) is 5.43. The summed E-state index contributed by atoms with van der Waals surface area (Å²) in [7, 11) is 1.38. The molecule has 0 saturated heterocycles. The minimum Gasteiger partial charge on any atom is -0.452 e. The van der Waals surface area contributed by atoms with E-state index in [0.29, 0.717) is 12.1 Å². The number of fused-ring (bicyclic) bond motifs is 2. The summed E-state index contributed by atoms with van der Waals surface area (Å²) in [6.07, 6.45) is 3.83. The third kappa shape index (κ3) is 2.63. The number of aromatic nitrogens is 2. The van der Waals surface area contributed by atoms with Gasteiger partial charge in [-0.05, 0) is 35.4 Å². The number of carbonyl (C=O) groups is 2. The summed E-state index contributed by atoms with van der Waals surface area (Å²) in [5.74, 6) is 0. The van der Waals surface area contributed by atoms with Gasteiger partial charge in [-0.3, -0.25) is 9.69 Å². The molecule has 1 aliphatic heterocycles. The molecule has 7 heteroatoms. The second-order valence-electron chi connectivity index (χ2n) is 6.97. The van der Waals surface area contributed by atoms with Gasteiger partial charge < -0.3 is 15.0 Å². The van der Waals surface area contributed by atoms with Crippen LogP contribution in [0.25, 0.3) is 22.2 Å². The van der Waals surface area contributed by atoms with Gasteiger partial charge in [-0.25, -0.2) is 9.78 Å². The highest BCUT2D eigenvalue weighted by Gasteiger charge is 2.36. The van der Waals surface area contributed by atoms with Gasteiger partial charge in [0.2, 0.25) is 6.41 Å². The highest BCUT2D eigenvalue weighted by atomic mass is 16.5. The van der Waals surface area contributed by atoms with Crippen molar-refractivity contribution in [3.05, 3.63) is 78.1 Å². The Kier molecular flexibility index (Phi) is 4.21. The van der Waals surface area contributed by atoms with Gasteiger partial charge in [-0.2, -0.15) is 0 Å². The van der Waals surface area contributed by atoms with Crippen molar-refractivity contribution < 1.29 is 14.3 Å². The number of nitrogens with zero attached hydrogens (tertiary/aromatic N) is 2. The molecule has 0 spiro atoms. The zero-order valence-electron chi connectivity index (χ0n) is 16.1. The van der Waals surface area contributed by atoms with Crippen LogP contribution < -0.4 is 10.2 Å². The Labute approximate surface area is 172 Å². The Balaban J connectivity index is 1.82. The van der Waals surface area contributed by atoms with Crippen molar-refractivity contribution in [2.24, 2.45) is 0 Å². The van der Waals surface area contributed by atoms with E-state index >= 15 is 0 Å². The predicted molar refractivity (Wildman–Crippen MR) is 114 cm³/mol. The number of nitrogens with one attached hydrogen (secondary N) is 2. The number of hydrogen-bond donors (Lipinski definition) is 2. The van der Waals surface area contributed by atoms with Crippen LogP contribution in [0.4, 0.5) is 16.2 Å². The van der Waals surface area contributed by atoms with E-state index in [9.17, 15) is 9.59 Å². The van der Waals surface area contributed by atoms with E-state index in [1.165, 1.54) is 7.11 Å². The van der Waals surface area contributed by atoms with Crippen molar-refractivity contribution in [3.8, 4) is 11.1 Å². The number of benzene rings is 2. The number of anilines is 2. The Morgan fingerprint density at radius 3 is 2.70 bits per heavy atom. The Morgan fingerprint density at radius 1 is 1.13 bits per heavy atom. The quantitative estimate of drug-likeness (QED) is 0.498. The molecule has 2 aromatic heterocycles. The maximum absolute atomic E-state index is 13.0. The number of methoxy groups -OCH3 is 1. The summed E-state index contributed by atoms with van der Waals surface area (Å²) >= 11 is 0. The van der Waals surface area contributed by atoms with Crippen molar-refractivity contribution in [1.29, 1.82) is 0 Å². The fourth-order valence-corrected chi connectivity index (χ4v) is 4.17. The van der Waals surface area contributed by atoms with Crippen LogP contribution in [0.5, 0.6) is 0 Å². The second kappa shape index (κ2) is 7.04. The molecule has 1 unspecified atom stereocenters. The van der Waals surface area contributed by atoms with Crippen molar-refractivity contribution in [1.82, 2.24) is 9.97 Å². The molecule has 4 aromatic rings. The van der Waals surface area contributed by atoms with Crippen LogP contribution in [0.15, 0.2) is 67.0 Å². The molecule has 1 atom stereocenters. The van der Waals surface area contributed by atoms with Gasteiger partial charge in [0.15, 0.2) is 0 Å². The van der Waals surface area contributed by atoms with E-state index in [-0.39, 0.29) is 0 Å². The van der Waals surface area contributed by atoms with E-state index in [0.717, 1.165) is 39.0 Å². The van der Waals surface area contributed by atoms with E-state index in [1.54, 1.807) is 11.1 Å². The molecule has 0 fully saturated rings. The van der Waals surface area contributed by atoms with Gasteiger partial charge in [0.25, 0.3) is 0 Å². The fourth-order valence-electron chi connectivity index (χ4n) is 4.17. The van der Waals surface area contributed by atoms with E-state index in [4.69, 9.17) is 4.74 Å². The van der Waals surface area contributed by atoms with Crippen LogP contribution in [0.2, 0.25) is 0 Å². The highest BCUT2D eigenvalue weighted by molar-refractivity contribution is 6.06. The summed E-state index contributed by atoms with van der Waals surface area (Å²) < 4.78 is 5.19. The lowest BCUT2D eigenvalue weighted by Gasteiger charge is -2.30. The molecule has 1 aliphatic rings. The maximum atomic E-state index is 13.0. The predicted octanol–water partition coefficient (Wildman–Crippen LogP) is 4.47. The molecule has 0 aliphatic carbocycles. The normalized spacial score (nSPS) is 14.7. The Hall–Kier alpha value is -4.13. The van der Waals surface area contributed by atoms with E-state index < -0.39 is 12.1 Å². The van der Waals surface area contributed by atoms with Gasteiger partial charge in [-0.15, -0.1) is 0 Å². The average Bonchev–Trinajstić information content (AvgIpc) is 3.16. The molecule has 30 heavy (non-hydrogen) atoms. The number of pyridine rings is 1. The first kappa shape index (κ1) is 17.9. The smallest absolute Gasteiger partial charge is 0.414 e. The molecule has 7 nitrogen and oxygen atoms in total. The van der Waals surface area contributed by atoms with Gasteiger partial charge in [0.1, 0.15) is 5.65 Å². The number of rotatable bonds is 3. The molecule has 5 rings (SSSR count). The molecule has 2 N–H and O–H groups in total. The van der Waals surface area contributed by atoms with Crippen LogP contribution in [-0.2, 0) is 9.53 Å². The van der Waals surface area contributed by atoms with Crippen molar-refractivity contribution >= 4 is 34.9 Å². The molecular weight excluding hydrogens is 380 g/mol. The third-order valence-electron chi connectivity index (χ3n) is 5.43. The largest absolute Gasteiger partial charge is 0.452 e. The number of H-pyrrole nitrogens is 1. The maximum Gasteiger partial charge on any atom is 0.414 e. The van der Waals surface area contributed by atoms with Crippen LogP contribution in [0.3, 0.4) is 0 Å². The summed E-state index contributed by atoms with van der Waals surface area (Å²) in [5.41, 5.74) is 5.92. The summed E-state index contributed by atoms with van der Waals surface area (Å²) in [6.45, 7) is 0. The van der Waals surface area contributed by atoms with Gasteiger partial charge in [0.05, 0.1) is 18.8 Å². The minimum atomic E-state index is -0.461. The van der Waals surface area contributed by atoms with Crippen LogP contribution in [-0.4, -0.2) is 29.6 Å². The lowest BCUT2D eigenvalue weighted by Crippen LogP contribution is -2.35. The first-order chi connectivity index (χ1) is 14.7. The van der Waals surface area contributed by atoms with Gasteiger partial charge in [0, 0.05) is 34.6 Å². The number of carbonyl (C=O) groups excluding carboxylic acids is 2. The topological polar surface area (TPSA) is 87.3 Å². The summed E-state index contributed by atoms with van der Waals surface area (Å²) in [4.78, 5) is 33.2. The lowest BCUT2D eigenvalue weighted by molar-refractivity contribution is -0.105. The van der Waals surface area contributed by atoms with Crippen molar-refractivity contribution in [2.75, 3.05) is 17.3 Å². The van der Waals surface area contributed by atoms with Crippen LogP contribution in [0.1, 0.15) is 17.2 Å². The number of ether oxygens (including phenoxy) is 1. The first-order valence-electron chi connectivity index (χ1n) is 9.45. The monoisotopic (exact) mass is 398 g/mol. The van der Waals surface area contributed by atoms with E-state index in [2.05, 4.69) is 15.3 Å². The number of aromatic amines is 1. The van der Waals surface area contributed by atoms with E-state index in [1.807, 2.05) is 60.8 Å². The first-order valence-corrected chi connectivity index (χ1v) is 9.45. The number of amides is 2. The second-order valence-corrected chi connectivity index (χ2v) is 6.97. The number of hydrogen-bond acceptors (Lipinski definition) is 4. The molecular formula is C23H18N4O3. The summed E-state index contributed by atoms with van der Waals surface area (Å²) in [5, 5.41) is 3.61. The lowest BCUT2D eigenvalue weighted by atomic mass is 9.96. The van der Waals surface area contributed by atoms with Crippen LogP contribution in [0, 0.1) is 0 Å². The standard InChI is InChI=1S/C23H18N4O3/c1-30-23(29)27-19-5-3-2-4-16(19)17-10-11-24-22-20(17)18(12-25-22)21(27)14-6-8-15(9-7-14)26-13-28/h2-13,21H,1H3,(H,24,25)(H,26,28). The summed E-state index contributed by atoms with van der Waals surface area (Å²) in [6, 6.07) is 16.7. The highest BCUT2D eigenvalue weighted by Crippen LogP contribution is 2.47. The zero-order chi connectivity index (χ0) is 20.7. The zero-order valence-corrected chi connectivity index (χ0v) is 16.1. The molecule has 0 radical (unpaired) electrons. The molecule has 148 valence electrons. The SMILES string of the molecule is COC(=O)N1c2ccccc2-c2ccnc3[nH]cc(c23)C1c1ccc(NC=O)cc1. The molecule has 3 heterocycles. The fraction of sp³-hybridized carbons (Fsp3) is 0.0870. The minimum absolute atomic E-state index is 0.442. The molecule has 2 aromatic carbocycles.